The lowest BCUT2D eigenvalue weighted by Gasteiger charge is -2.14. The first-order valence-corrected chi connectivity index (χ1v) is 8.69. The second kappa shape index (κ2) is 10.1. The molecule has 1 amide bonds. The summed E-state index contributed by atoms with van der Waals surface area (Å²) in [7, 11) is 0. The lowest BCUT2D eigenvalue weighted by Crippen LogP contribution is -2.43. The van der Waals surface area contributed by atoms with Crippen molar-refractivity contribution in [1.82, 2.24) is 5.32 Å². The largest absolute Gasteiger partial charge is 0.484 e. The van der Waals surface area contributed by atoms with Gasteiger partial charge in [-0.15, -0.1) is 0 Å². The lowest BCUT2D eigenvalue weighted by molar-refractivity contribution is -0.142. The Labute approximate surface area is 135 Å². The third-order valence-electron chi connectivity index (χ3n) is 3.08. The zero-order chi connectivity index (χ0) is 16.4. The number of aryl methyl sites for hydroxylation is 1. The average molecular weight is 325 g/mol. The molecule has 0 aliphatic carbocycles. The molecule has 6 heteroatoms. The first kappa shape index (κ1) is 18.4. The Morgan fingerprint density at radius 3 is 2.55 bits per heavy atom. The van der Waals surface area contributed by atoms with Gasteiger partial charge in [0.2, 0.25) is 0 Å². The molecule has 0 aliphatic heterocycles. The number of carbonyl (C=O) groups excluding carboxylic acids is 1. The van der Waals surface area contributed by atoms with Gasteiger partial charge in [-0.1, -0.05) is 25.5 Å². The van der Waals surface area contributed by atoms with Crippen LogP contribution in [0.15, 0.2) is 24.3 Å². The molecule has 1 aromatic rings. The van der Waals surface area contributed by atoms with E-state index >= 15 is 0 Å². The van der Waals surface area contributed by atoms with Crippen molar-refractivity contribution in [3.63, 3.8) is 0 Å². The Morgan fingerprint density at radius 1 is 1.32 bits per heavy atom. The van der Waals surface area contributed by atoms with Gasteiger partial charge in [-0.3, -0.25) is 4.79 Å². The molecule has 22 heavy (non-hydrogen) atoms. The van der Waals surface area contributed by atoms with Crippen LogP contribution in [0.2, 0.25) is 0 Å². The summed E-state index contributed by atoms with van der Waals surface area (Å²) in [6, 6.07) is 6.71. The third kappa shape index (κ3) is 6.85. The van der Waals surface area contributed by atoms with E-state index in [2.05, 4.69) is 12.2 Å². The maximum atomic E-state index is 11.8. The molecule has 1 atom stereocenters. The van der Waals surface area contributed by atoms with Crippen LogP contribution in [0.3, 0.4) is 0 Å². The van der Waals surface area contributed by atoms with Crippen LogP contribution < -0.4 is 10.1 Å². The van der Waals surface area contributed by atoms with E-state index in [-0.39, 0.29) is 6.61 Å². The number of hydrogen-bond donors (Lipinski definition) is 2. The Morgan fingerprint density at radius 2 is 2.00 bits per heavy atom. The van der Waals surface area contributed by atoms with Crippen molar-refractivity contribution in [3.05, 3.63) is 29.8 Å². The number of carbonyl (C=O) groups is 2. The van der Waals surface area contributed by atoms with Gasteiger partial charge in [-0.05, 0) is 42.5 Å². The number of carboxylic acids is 1. The summed E-state index contributed by atoms with van der Waals surface area (Å²) in [5, 5.41) is 11.5. The fraction of sp³-hybridized carbons (Fsp3) is 0.500. The number of ether oxygens (including phenoxy) is 1. The van der Waals surface area contributed by atoms with Gasteiger partial charge in [0, 0.05) is 0 Å². The van der Waals surface area contributed by atoms with Crippen molar-refractivity contribution >= 4 is 23.6 Å². The SMILES string of the molecule is CCCc1ccc(OCC(=O)NC(CCSC)C(=O)O)cc1. The minimum absolute atomic E-state index is 0.184. The first-order valence-electron chi connectivity index (χ1n) is 7.29. The van der Waals surface area contributed by atoms with Crippen LogP contribution in [-0.2, 0) is 16.0 Å². The maximum absolute atomic E-state index is 11.8. The fourth-order valence-corrected chi connectivity index (χ4v) is 2.39. The zero-order valence-corrected chi connectivity index (χ0v) is 13.8. The molecule has 0 aromatic heterocycles. The van der Waals surface area contributed by atoms with Gasteiger partial charge in [-0.25, -0.2) is 4.79 Å². The molecule has 0 bridgehead atoms. The number of aliphatic carboxylic acids is 1. The monoisotopic (exact) mass is 325 g/mol. The molecule has 0 aliphatic rings. The summed E-state index contributed by atoms with van der Waals surface area (Å²) in [5.74, 6) is -0.166. The van der Waals surface area contributed by atoms with E-state index in [4.69, 9.17) is 9.84 Å². The van der Waals surface area contributed by atoms with E-state index in [9.17, 15) is 9.59 Å². The summed E-state index contributed by atoms with van der Waals surface area (Å²) >= 11 is 1.54. The van der Waals surface area contributed by atoms with Crippen molar-refractivity contribution in [2.75, 3.05) is 18.6 Å². The van der Waals surface area contributed by atoms with Gasteiger partial charge in [0.05, 0.1) is 0 Å². The van der Waals surface area contributed by atoms with Crippen LogP contribution in [0.25, 0.3) is 0 Å². The smallest absolute Gasteiger partial charge is 0.326 e. The highest BCUT2D eigenvalue weighted by Gasteiger charge is 2.19. The number of carboxylic acid groups (broad SMARTS) is 1. The molecule has 0 spiro atoms. The predicted molar refractivity (Wildman–Crippen MR) is 88.5 cm³/mol. The normalized spacial score (nSPS) is 11.7. The summed E-state index contributed by atoms with van der Waals surface area (Å²) < 4.78 is 5.38. The molecular weight excluding hydrogens is 302 g/mol. The fourth-order valence-electron chi connectivity index (χ4n) is 1.92. The number of thioether (sulfide) groups is 1. The number of benzene rings is 1. The highest BCUT2D eigenvalue weighted by molar-refractivity contribution is 7.98. The van der Waals surface area contributed by atoms with E-state index in [1.807, 2.05) is 30.5 Å². The van der Waals surface area contributed by atoms with E-state index < -0.39 is 17.9 Å². The summed E-state index contributed by atoms with van der Waals surface area (Å²) in [4.78, 5) is 22.8. The van der Waals surface area contributed by atoms with Gasteiger partial charge >= 0.3 is 5.97 Å². The predicted octanol–water partition coefficient (Wildman–Crippen LogP) is 2.34. The van der Waals surface area contributed by atoms with Gasteiger partial charge in [0.1, 0.15) is 11.8 Å². The van der Waals surface area contributed by atoms with Gasteiger partial charge in [0.15, 0.2) is 6.61 Å². The first-order chi connectivity index (χ1) is 10.6. The van der Waals surface area contributed by atoms with Crippen LogP contribution in [0.1, 0.15) is 25.3 Å². The number of rotatable bonds is 10. The molecule has 1 aromatic carbocycles. The van der Waals surface area contributed by atoms with Gasteiger partial charge in [-0.2, -0.15) is 11.8 Å². The molecule has 122 valence electrons. The number of hydrogen-bond acceptors (Lipinski definition) is 4. The van der Waals surface area contributed by atoms with Crippen molar-refractivity contribution < 1.29 is 19.4 Å². The quantitative estimate of drug-likeness (QED) is 0.690. The van der Waals surface area contributed by atoms with E-state index in [1.54, 1.807) is 11.8 Å². The standard InChI is InChI=1S/C16H23NO4S/c1-3-4-12-5-7-13(8-6-12)21-11-15(18)17-14(16(19)20)9-10-22-2/h5-8,14H,3-4,9-11H2,1-2H3,(H,17,18)(H,19,20). The third-order valence-corrected chi connectivity index (χ3v) is 3.72. The molecule has 0 fully saturated rings. The Hall–Kier alpha value is -1.69. The number of amides is 1. The second-order valence-electron chi connectivity index (χ2n) is 4.92. The topological polar surface area (TPSA) is 75.6 Å². The highest BCUT2D eigenvalue weighted by atomic mass is 32.2. The van der Waals surface area contributed by atoms with E-state index in [0.717, 1.165) is 12.8 Å². The molecule has 1 rings (SSSR count). The highest BCUT2D eigenvalue weighted by Crippen LogP contribution is 2.13. The van der Waals surface area contributed by atoms with Crippen molar-refractivity contribution in [1.29, 1.82) is 0 Å². The van der Waals surface area contributed by atoms with Crippen molar-refractivity contribution in [3.8, 4) is 5.75 Å². The van der Waals surface area contributed by atoms with Crippen LogP contribution in [0.4, 0.5) is 0 Å². The molecule has 0 saturated heterocycles. The van der Waals surface area contributed by atoms with Gasteiger partial charge in [0.25, 0.3) is 5.91 Å². The Kier molecular flexibility index (Phi) is 8.43. The van der Waals surface area contributed by atoms with Crippen LogP contribution in [0.5, 0.6) is 5.75 Å². The summed E-state index contributed by atoms with van der Waals surface area (Å²) in [5.41, 5.74) is 1.22. The molecule has 0 saturated carbocycles. The summed E-state index contributed by atoms with van der Waals surface area (Å²) in [6.45, 7) is 1.93. The Balaban J connectivity index is 2.42. The molecule has 0 radical (unpaired) electrons. The maximum Gasteiger partial charge on any atom is 0.326 e. The molecular formula is C16H23NO4S. The summed E-state index contributed by atoms with van der Waals surface area (Å²) in [6.07, 6.45) is 4.38. The van der Waals surface area contributed by atoms with E-state index in [0.29, 0.717) is 17.9 Å². The van der Waals surface area contributed by atoms with Crippen LogP contribution in [0, 0.1) is 0 Å². The Bertz CT molecular complexity index is 476. The molecule has 5 nitrogen and oxygen atoms in total. The molecule has 1 unspecified atom stereocenters. The average Bonchev–Trinajstić information content (AvgIpc) is 2.50. The van der Waals surface area contributed by atoms with Crippen LogP contribution >= 0.6 is 11.8 Å². The van der Waals surface area contributed by atoms with Crippen molar-refractivity contribution in [2.24, 2.45) is 0 Å². The van der Waals surface area contributed by atoms with Crippen molar-refractivity contribution in [2.45, 2.75) is 32.2 Å². The minimum Gasteiger partial charge on any atom is -0.484 e. The zero-order valence-electron chi connectivity index (χ0n) is 13.0. The van der Waals surface area contributed by atoms with Crippen LogP contribution in [-0.4, -0.2) is 41.6 Å². The van der Waals surface area contributed by atoms with E-state index in [1.165, 1.54) is 5.56 Å². The van der Waals surface area contributed by atoms with Gasteiger partial charge < -0.3 is 15.2 Å². The lowest BCUT2D eigenvalue weighted by atomic mass is 10.1. The minimum atomic E-state index is -1.02. The molecule has 0 heterocycles. The number of nitrogens with one attached hydrogen (secondary N) is 1. The molecule has 2 N–H and O–H groups in total. The second-order valence-corrected chi connectivity index (χ2v) is 5.91.